The van der Waals surface area contributed by atoms with Gasteiger partial charge in [0.05, 0.1) is 12.0 Å². The summed E-state index contributed by atoms with van der Waals surface area (Å²) in [4.78, 5) is 30.2. The number of fused-ring (bicyclic) bond motifs is 3. The van der Waals surface area contributed by atoms with E-state index in [-0.39, 0.29) is 35.1 Å². The number of nitrogens with zero attached hydrogens (tertiary/aromatic N) is 1. The highest BCUT2D eigenvalue weighted by molar-refractivity contribution is 5.95. The molecule has 7 nitrogen and oxygen atoms in total. The number of hydrogen-bond donors (Lipinski definition) is 1. The van der Waals surface area contributed by atoms with Crippen molar-refractivity contribution in [1.29, 1.82) is 0 Å². The fraction of sp³-hybridized carbons (Fsp3) is 0.806. The highest BCUT2D eigenvalue weighted by Gasteiger charge is 2.74. The van der Waals surface area contributed by atoms with Gasteiger partial charge in [-0.05, 0) is 73.8 Å². The van der Waals surface area contributed by atoms with Gasteiger partial charge >= 0.3 is 6.09 Å². The van der Waals surface area contributed by atoms with Crippen LogP contribution in [0, 0.1) is 34.0 Å². The number of amides is 1. The van der Waals surface area contributed by atoms with Crippen molar-refractivity contribution in [2.45, 2.75) is 105 Å². The van der Waals surface area contributed by atoms with E-state index in [1.165, 1.54) is 0 Å². The van der Waals surface area contributed by atoms with Crippen LogP contribution in [0.5, 0.6) is 0 Å². The van der Waals surface area contributed by atoms with Crippen LogP contribution in [0.1, 0.15) is 81.6 Å². The van der Waals surface area contributed by atoms with E-state index in [0.717, 1.165) is 24.8 Å². The average molecular weight is 530 g/mol. The fourth-order valence-electron chi connectivity index (χ4n) is 8.11. The third-order valence-electron chi connectivity index (χ3n) is 10.7. The number of carbonyl (C=O) groups is 2. The molecule has 2 aliphatic heterocycles. The van der Waals surface area contributed by atoms with Crippen molar-refractivity contribution in [3.8, 4) is 0 Å². The first-order valence-electron chi connectivity index (χ1n) is 14.4. The zero-order valence-electron chi connectivity index (χ0n) is 24.7. The van der Waals surface area contributed by atoms with Crippen LogP contribution in [0.15, 0.2) is 23.3 Å². The Morgan fingerprint density at radius 2 is 1.82 bits per heavy atom. The molecule has 5 rings (SSSR count). The molecule has 7 heteroatoms. The van der Waals surface area contributed by atoms with Crippen LogP contribution < -0.4 is 0 Å². The number of Topliss-reactive ketones (excluding diaryl/α,β-unsaturated/α-hetero) is 1. The van der Waals surface area contributed by atoms with Crippen molar-refractivity contribution in [2.75, 3.05) is 19.7 Å². The molecular weight excluding hydrogens is 482 g/mol. The second-order valence-corrected chi connectivity index (χ2v) is 14.7. The van der Waals surface area contributed by atoms with Crippen LogP contribution in [-0.2, 0) is 19.0 Å². The van der Waals surface area contributed by atoms with Gasteiger partial charge < -0.3 is 24.2 Å². The molecule has 3 aliphatic carbocycles. The van der Waals surface area contributed by atoms with Gasteiger partial charge in [0.15, 0.2) is 23.3 Å². The van der Waals surface area contributed by atoms with Crippen molar-refractivity contribution >= 4 is 11.9 Å². The number of ketones is 1. The normalized spacial score (nSPS) is 43.2. The standard InChI is InChI=1S/C31H47NO6/c1-18-15-30-20(3)13-19(2)28(6,7)22(23(30)33)14-21-16-36-29(8,9)38-25(21)31(30,35)24(18)37-26(34)32-12-10-11-27(4,5)17-32/h14-15,19-20,22,24-25,35H,10-13,16-17H2,1-9H3/t19?,20-,22?,24?,25?,30?,31?/m1/s1. The monoisotopic (exact) mass is 529 g/mol. The Bertz CT molecular complexity index is 1090. The number of carbonyl (C=O) groups excluding carboxylic acids is 2. The Labute approximate surface area is 227 Å². The van der Waals surface area contributed by atoms with Crippen LogP contribution in [0.2, 0.25) is 0 Å². The highest BCUT2D eigenvalue weighted by Crippen LogP contribution is 2.64. The van der Waals surface area contributed by atoms with Crippen molar-refractivity contribution in [3.63, 3.8) is 0 Å². The summed E-state index contributed by atoms with van der Waals surface area (Å²) in [6, 6.07) is 0. The van der Waals surface area contributed by atoms with Gasteiger partial charge in [0, 0.05) is 19.0 Å². The van der Waals surface area contributed by atoms with E-state index >= 15 is 0 Å². The average Bonchev–Trinajstić information content (AvgIpc) is 2.97. The molecule has 1 spiro atoms. The van der Waals surface area contributed by atoms with Gasteiger partial charge in [-0.15, -0.1) is 0 Å². The van der Waals surface area contributed by atoms with Gasteiger partial charge in [-0.2, -0.15) is 0 Å². The second-order valence-electron chi connectivity index (χ2n) is 14.7. The lowest BCUT2D eigenvalue weighted by Crippen LogP contribution is -2.68. The van der Waals surface area contributed by atoms with E-state index in [1.54, 1.807) is 4.90 Å². The Hall–Kier alpha value is -1.70. The molecule has 7 atom stereocenters. The molecule has 1 amide bonds. The maximum atomic E-state index is 14.8. The van der Waals surface area contributed by atoms with Gasteiger partial charge in [0.2, 0.25) is 0 Å². The van der Waals surface area contributed by atoms with Crippen molar-refractivity contribution in [1.82, 2.24) is 4.90 Å². The van der Waals surface area contributed by atoms with Crippen molar-refractivity contribution in [2.24, 2.45) is 34.0 Å². The molecule has 0 aromatic carbocycles. The highest BCUT2D eigenvalue weighted by atomic mass is 16.7. The smallest absolute Gasteiger partial charge is 0.410 e. The molecule has 5 aliphatic rings. The minimum absolute atomic E-state index is 0.00271. The zero-order valence-corrected chi connectivity index (χ0v) is 24.7. The maximum Gasteiger partial charge on any atom is 0.410 e. The summed E-state index contributed by atoms with van der Waals surface area (Å²) in [5.74, 6) is -1.36. The number of aliphatic hydroxyl groups is 1. The first-order chi connectivity index (χ1) is 17.5. The SMILES string of the molecule is CC1=CC23C(=O)C(C=C4COC(C)(C)OC4C2(O)C1OC(=O)N1CCCC(C)(C)C1)C(C)(C)C(C)C[C@H]3C. The van der Waals surface area contributed by atoms with E-state index in [4.69, 9.17) is 14.2 Å². The van der Waals surface area contributed by atoms with Crippen LogP contribution in [0.3, 0.4) is 0 Å². The minimum Gasteiger partial charge on any atom is -0.438 e. The van der Waals surface area contributed by atoms with Crippen molar-refractivity contribution < 1.29 is 28.9 Å². The molecule has 2 bridgehead atoms. The summed E-state index contributed by atoms with van der Waals surface area (Å²) in [6.45, 7) is 19.9. The molecule has 0 aromatic rings. The Morgan fingerprint density at radius 1 is 1.13 bits per heavy atom. The minimum atomic E-state index is -1.80. The van der Waals surface area contributed by atoms with Gasteiger partial charge in [-0.3, -0.25) is 4.79 Å². The van der Waals surface area contributed by atoms with E-state index in [2.05, 4.69) is 41.5 Å². The van der Waals surface area contributed by atoms with Crippen LogP contribution in [-0.4, -0.2) is 65.2 Å². The number of allylic oxidation sites excluding steroid dienone is 1. The third-order valence-corrected chi connectivity index (χ3v) is 10.7. The molecule has 212 valence electrons. The lowest BCUT2D eigenvalue weighted by Gasteiger charge is -2.52. The molecule has 2 heterocycles. The molecule has 38 heavy (non-hydrogen) atoms. The predicted octanol–water partition coefficient (Wildman–Crippen LogP) is 5.27. The third kappa shape index (κ3) is 3.86. The molecule has 1 N–H and O–H groups in total. The quantitative estimate of drug-likeness (QED) is 0.466. The molecule has 2 saturated heterocycles. The predicted molar refractivity (Wildman–Crippen MR) is 144 cm³/mol. The van der Waals surface area contributed by atoms with Gasteiger partial charge in [-0.1, -0.05) is 53.7 Å². The summed E-state index contributed by atoms with van der Waals surface area (Å²) in [5.41, 5.74) is -1.92. The second kappa shape index (κ2) is 8.65. The summed E-state index contributed by atoms with van der Waals surface area (Å²) < 4.78 is 18.8. The zero-order chi connectivity index (χ0) is 28.1. The van der Waals surface area contributed by atoms with Gasteiger partial charge in [0.25, 0.3) is 0 Å². The summed E-state index contributed by atoms with van der Waals surface area (Å²) >= 11 is 0. The Morgan fingerprint density at radius 3 is 2.47 bits per heavy atom. The molecular formula is C31H47NO6. The molecule has 6 unspecified atom stereocenters. The van der Waals surface area contributed by atoms with Crippen LogP contribution >= 0.6 is 0 Å². The number of ether oxygens (including phenoxy) is 3. The lowest BCUT2D eigenvalue weighted by molar-refractivity contribution is -0.303. The maximum absolute atomic E-state index is 14.8. The molecule has 0 radical (unpaired) electrons. The molecule has 0 aromatic heterocycles. The van der Waals surface area contributed by atoms with Crippen LogP contribution in [0.4, 0.5) is 4.79 Å². The Kier molecular flexibility index (Phi) is 6.34. The number of piperidine rings is 1. The van der Waals surface area contributed by atoms with Crippen molar-refractivity contribution in [3.05, 3.63) is 23.3 Å². The fourth-order valence-corrected chi connectivity index (χ4v) is 8.11. The summed E-state index contributed by atoms with van der Waals surface area (Å²) in [6.07, 6.45) is 4.35. The summed E-state index contributed by atoms with van der Waals surface area (Å²) in [7, 11) is 0. The Balaban J connectivity index is 1.65. The van der Waals surface area contributed by atoms with E-state index < -0.39 is 41.0 Å². The topological polar surface area (TPSA) is 85.3 Å². The first kappa shape index (κ1) is 27.9. The first-order valence-corrected chi connectivity index (χ1v) is 14.4. The van der Waals surface area contributed by atoms with E-state index in [0.29, 0.717) is 18.7 Å². The van der Waals surface area contributed by atoms with Gasteiger partial charge in [0.1, 0.15) is 6.10 Å². The lowest BCUT2D eigenvalue weighted by atomic mass is 9.59. The molecule has 1 saturated carbocycles. The van der Waals surface area contributed by atoms with Gasteiger partial charge in [-0.25, -0.2) is 4.79 Å². The number of rotatable bonds is 1. The largest absolute Gasteiger partial charge is 0.438 e. The summed E-state index contributed by atoms with van der Waals surface area (Å²) in [5, 5.41) is 13.1. The number of hydrogen-bond acceptors (Lipinski definition) is 6. The van der Waals surface area contributed by atoms with E-state index in [9.17, 15) is 14.7 Å². The van der Waals surface area contributed by atoms with Crippen LogP contribution in [0.25, 0.3) is 0 Å². The molecule has 3 fully saturated rings. The van der Waals surface area contributed by atoms with E-state index in [1.807, 2.05) is 32.9 Å². The number of likely N-dealkylation sites (tertiary alicyclic amines) is 1.